The van der Waals surface area contributed by atoms with E-state index < -0.39 is 5.97 Å². The van der Waals surface area contributed by atoms with Crippen molar-refractivity contribution in [3.63, 3.8) is 0 Å². The first-order chi connectivity index (χ1) is 11.4. The molecule has 0 unspecified atom stereocenters. The van der Waals surface area contributed by atoms with E-state index in [-0.39, 0.29) is 11.5 Å². The van der Waals surface area contributed by atoms with Crippen LogP contribution in [0.3, 0.4) is 0 Å². The fraction of sp³-hybridized carbons (Fsp3) is 0.167. The summed E-state index contributed by atoms with van der Waals surface area (Å²) >= 11 is 0. The van der Waals surface area contributed by atoms with Gasteiger partial charge in [-0.15, -0.1) is 0 Å². The minimum Gasteiger partial charge on any atom is -0.478 e. The van der Waals surface area contributed by atoms with Crippen molar-refractivity contribution in [1.29, 1.82) is 0 Å². The number of hydrogen-bond acceptors (Lipinski definition) is 4. The van der Waals surface area contributed by atoms with Gasteiger partial charge in [-0.3, -0.25) is 4.79 Å². The van der Waals surface area contributed by atoms with Crippen LogP contribution in [0.2, 0.25) is 0 Å². The number of carbonyl (C=O) groups excluding carboxylic acids is 1. The van der Waals surface area contributed by atoms with Crippen LogP contribution in [-0.2, 0) is 0 Å². The number of amides is 1. The Morgan fingerprint density at radius 3 is 1.96 bits per heavy atom. The molecule has 0 aliphatic rings. The van der Waals surface area contributed by atoms with Crippen LogP contribution in [0.25, 0.3) is 0 Å². The summed E-state index contributed by atoms with van der Waals surface area (Å²) in [5.41, 5.74) is 2.47. The van der Waals surface area contributed by atoms with E-state index >= 15 is 0 Å². The minimum atomic E-state index is -0.980. The number of carbonyl (C=O) groups is 2. The van der Waals surface area contributed by atoms with Crippen LogP contribution in [0, 0.1) is 0 Å². The lowest BCUT2D eigenvalue weighted by atomic mass is 10.1. The van der Waals surface area contributed by atoms with E-state index in [0.29, 0.717) is 11.1 Å². The van der Waals surface area contributed by atoms with Gasteiger partial charge in [-0.05, 0) is 42.0 Å². The van der Waals surface area contributed by atoms with Gasteiger partial charge in [0.15, 0.2) is 0 Å². The average molecular weight is 325 g/mol. The van der Waals surface area contributed by atoms with Crippen molar-refractivity contribution in [1.82, 2.24) is 5.01 Å². The quantitative estimate of drug-likeness (QED) is 0.677. The number of carboxylic acids is 1. The van der Waals surface area contributed by atoms with Crippen molar-refractivity contribution < 1.29 is 14.7 Å². The second kappa shape index (κ2) is 7.41. The number of hydrazone groups is 1. The molecule has 2 rings (SSSR count). The highest BCUT2D eigenvalue weighted by Gasteiger charge is 2.10. The van der Waals surface area contributed by atoms with Gasteiger partial charge in [-0.2, -0.15) is 5.10 Å². The molecule has 0 atom stereocenters. The van der Waals surface area contributed by atoms with Gasteiger partial charge in [0.2, 0.25) is 0 Å². The molecule has 0 spiro atoms. The van der Waals surface area contributed by atoms with Crippen LogP contribution in [0.4, 0.5) is 5.69 Å². The van der Waals surface area contributed by atoms with E-state index in [2.05, 4.69) is 5.10 Å². The Morgan fingerprint density at radius 2 is 1.46 bits per heavy atom. The minimum absolute atomic E-state index is 0.206. The fourth-order valence-corrected chi connectivity index (χ4v) is 2.01. The fourth-order valence-electron chi connectivity index (χ4n) is 2.01. The molecule has 0 bridgehead atoms. The molecule has 6 heteroatoms. The van der Waals surface area contributed by atoms with Crippen LogP contribution in [0.15, 0.2) is 53.6 Å². The number of anilines is 1. The molecule has 0 radical (unpaired) electrons. The van der Waals surface area contributed by atoms with Crippen LogP contribution < -0.4 is 4.90 Å². The Balaban J connectivity index is 2.06. The van der Waals surface area contributed by atoms with Crippen molar-refractivity contribution in [2.75, 3.05) is 26.0 Å². The van der Waals surface area contributed by atoms with E-state index in [0.717, 1.165) is 5.69 Å². The highest BCUT2D eigenvalue weighted by atomic mass is 16.4. The van der Waals surface area contributed by atoms with Crippen molar-refractivity contribution in [3.8, 4) is 0 Å². The Hall–Kier alpha value is -3.15. The van der Waals surface area contributed by atoms with Gasteiger partial charge in [0.05, 0.1) is 11.8 Å². The molecular weight excluding hydrogens is 306 g/mol. The first kappa shape index (κ1) is 17.2. The molecule has 2 aromatic rings. The van der Waals surface area contributed by atoms with Crippen LogP contribution in [0.5, 0.6) is 0 Å². The van der Waals surface area contributed by atoms with Gasteiger partial charge < -0.3 is 10.0 Å². The topological polar surface area (TPSA) is 73.2 Å². The third kappa shape index (κ3) is 4.19. The summed E-state index contributed by atoms with van der Waals surface area (Å²) in [6, 6.07) is 13.5. The summed E-state index contributed by atoms with van der Waals surface area (Å²) in [7, 11) is 5.44. The standard InChI is InChI=1S/C18H19N3O3/c1-20(2)16-10-8-14(9-11-16)17(22)21(3)19-12-13-4-6-15(7-5-13)18(23)24/h4-12H,1-3H3,(H,23,24)/b19-12+. The molecule has 0 saturated heterocycles. The molecule has 0 saturated carbocycles. The maximum absolute atomic E-state index is 12.3. The SMILES string of the molecule is CN(/N=C/c1ccc(C(=O)O)cc1)C(=O)c1ccc(N(C)C)cc1. The largest absolute Gasteiger partial charge is 0.478 e. The zero-order chi connectivity index (χ0) is 17.7. The zero-order valence-corrected chi connectivity index (χ0v) is 13.8. The Bertz CT molecular complexity index is 750. The van der Waals surface area contributed by atoms with Gasteiger partial charge in [0.25, 0.3) is 5.91 Å². The molecule has 0 aliphatic carbocycles. The molecule has 6 nitrogen and oxygen atoms in total. The summed E-state index contributed by atoms with van der Waals surface area (Å²) < 4.78 is 0. The van der Waals surface area contributed by atoms with Crippen LogP contribution in [0.1, 0.15) is 26.3 Å². The van der Waals surface area contributed by atoms with Crippen molar-refractivity contribution in [2.24, 2.45) is 5.10 Å². The van der Waals surface area contributed by atoms with Crippen molar-refractivity contribution >= 4 is 23.8 Å². The molecule has 1 N–H and O–H groups in total. The van der Waals surface area contributed by atoms with Crippen LogP contribution >= 0.6 is 0 Å². The molecule has 0 fully saturated rings. The van der Waals surface area contributed by atoms with E-state index in [1.807, 2.05) is 31.1 Å². The summed E-state index contributed by atoms with van der Waals surface area (Å²) in [6.45, 7) is 0. The highest BCUT2D eigenvalue weighted by molar-refractivity contribution is 5.95. The second-order valence-electron chi connectivity index (χ2n) is 5.44. The van der Waals surface area contributed by atoms with E-state index in [1.165, 1.54) is 23.4 Å². The molecule has 0 heterocycles. The second-order valence-corrected chi connectivity index (χ2v) is 5.44. The van der Waals surface area contributed by atoms with Gasteiger partial charge >= 0.3 is 5.97 Å². The van der Waals surface area contributed by atoms with Gasteiger partial charge in [-0.25, -0.2) is 9.80 Å². The Kier molecular flexibility index (Phi) is 5.31. The predicted octanol–water partition coefficient (Wildman–Crippen LogP) is 2.56. The normalized spacial score (nSPS) is 10.6. The maximum Gasteiger partial charge on any atom is 0.335 e. The highest BCUT2D eigenvalue weighted by Crippen LogP contribution is 2.13. The van der Waals surface area contributed by atoms with Crippen molar-refractivity contribution in [3.05, 3.63) is 65.2 Å². The van der Waals surface area contributed by atoms with E-state index in [9.17, 15) is 9.59 Å². The van der Waals surface area contributed by atoms with Crippen molar-refractivity contribution in [2.45, 2.75) is 0 Å². The van der Waals surface area contributed by atoms with E-state index in [1.54, 1.807) is 31.3 Å². The number of nitrogens with zero attached hydrogens (tertiary/aromatic N) is 3. The Labute approximate surface area is 140 Å². The molecule has 124 valence electrons. The molecule has 0 aromatic heterocycles. The van der Waals surface area contributed by atoms with Gasteiger partial charge in [-0.1, -0.05) is 12.1 Å². The third-order valence-corrected chi connectivity index (χ3v) is 3.46. The summed E-state index contributed by atoms with van der Waals surface area (Å²) in [5, 5.41) is 14.2. The monoisotopic (exact) mass is 325 g/mol. The van der Waals surface area contributed by atoms with Gasteiger partial charge in [0, 0.05) is 32.4 Å². The third-order valence-electron chi connectivity index (χ3n) is 3.46. The zero-order valence-electron chi connectivity index (χ0n) is 13.8. The summed E-state index contributed by atoms with van der Waals surface area (Å²) in [5.74, 6) is -1.20. The lowest BCUT2D eigenvalue weighted by Crippen LogP contribution is -2.21. The molecule has 24 heavy (non-hydrogen) atoms. The van der Waals surface area contributed by atoms with Gasteiger partial charge in [0.1, 0.15) is 0 Å². The number of hydrogen-bond donors (Lipinski definition) is 1. The molecular formula is C18H19N3O3. The number of aromatic carboxylic acids is 1. The molecule has 1 amide bonds. The number of carboxylic acid groups (broad SMARTS) is 1. The lowest BCUT2D eigenvalue weighted by molar-refractivity contribution is 0.0696. The first-order valence-electron chi connectivity index (χ1n) is 7.31. The average Bonchev–Trinajstić information content (AvgIpc) is 2.59. The lowest BCUT2D eigenvalue weighted by Gasteiger charge is -2.14. The van der Waals surface area contributed by atoms with E-state index in [4.69, 9.17) is 5.11 Å². The first-order valence-corrected chi connectivity index (χ1v) is 7.31. The summed E-state index contributed by atoms with van der Waals surface area (Å²) in [6.07, 6.45) is 1.51. The number of benzene rings is 2. The smallest absolute Gasteiger partial charge is 0.335 e. The Morgan fingerprint density at radius 1 is 0.917 bits per heavy atom. The molecule has 2 aromatic carbocycles. The van der Waals surface area contributed by atoms with Crippen LogP contribution in [-0.4, -0.2) is 49.3 Å². The summed E-state index contributed by atoms with van der Waals surface area (Å²) in [4.78, 5) is 25.1. The maximum atomic E-state index is 12.3. The molecule has 0 aliphatic heterocycles. The predicted molar refractivity (Wildman–Crippen MR) is 93.9 cm³/mol. The number of rotatable bonds is 5.